The van der Waals surface area contributed by atoms with Crippen LogP contribution in [0.25, 0.3) is 11.1 Å². The van der Waals surface area contributed by atoms with Gasteiger partial charge in [-0.25, -0.2) is 4.39 Å². The zero-order valence-electron chi connectivity index (χ0n) is 7.87. The molecule has 2 rings (SSSR count). The zero-order valence-corrected chi connectivity index (χ0v) is 8.63. The van der Waals surface area contributed by atoms with E-state index < -0.39 is 0 Å². The molecule has 2 aromatic carbocycles. The minimum absolute atomic E-state index is 0.300. The first kappa shape index (κ1) is 9.99. The van der Waals surface area contributed by atoms with Crippen molar-refractivity contribution in [3.8, 4) is 11.1 Å². The Bertz CT molecular complexity index is 497. The molecule has 0 saturated heterocycles. The topological polar surface area (TPSA) is 26.0 Å². The number of halogens is 2. The fourth-order valence-corrected chi connectivity index (χ4v) is 1.61. The highest BCUT2D eigenvalue weighted by Crippen LogP contribution is 2.30. The lowest BCUT2D eigenvalue weighted by Gasteiger charge is -2.07. The monoisotopic (exact) mass is 221 g/mol. The van der Waals surface area contributed by atoms with Crippen LogP contribution in [0.1, 0.15) is 0 Å². The lowest BCUT2D eigenvalue weighted by atomic mass is 10.0. The molecule has 0 spiro atoms. The van der Waals surface area contributed by atoms with Gasteiger partial charge in [-0.15, -0.1) is 0 Å². The number of hydrogen-bond donors (Lipinski definition) is 1. The first-order chi connectivity index (χ1) is 7.18. The van der Waals surface area contributed by atoms with Gasteiger partial charge >= 0.3 is 0 Å². The molecule has 2 N–H and O–H groups in total. The average Bonchev–Trinajstić information content (AvgIpc) is 2.23. The summed E-state index contributed by atoms with van der Waals surface area (Å²) in [4.78, 5) is 0. The molecule has 0 heterocycles. The maximum Gasteiger partial charge on any atom is 0.131 e. The van der Waals surface area contributed by atoms with Gasteiger partial charge < -0.3 is 5.73 Å². The average molecular weight is 222 g/mol. The van der Waals surface area contributed by atoms with Gasteiger partial charge in [-0.3, -0.25) is 0 Å². The van der Waals surface area contributed by atoms with E-state index in [0.717, 1.165) is 0 Å². The largest absolute Gasteiger partial charge is 0.398 e. The number of nitrogens with two attached hydrogens (primary N) is 1. The first-order valence-electron chi connectivity index (χ1n) is 4.48. The van der Waals surface area contributed by atoms with Crippen molar-refractivity contribution in [1.29, 1.82) is 0 Å². The third-order valence-corrected chi connectivity index (χ3v) is 2.41. The van der Waals surface area contributed by atoms with Crippen LogP contribution in [0.3, 0.4) is 0 Å². The van der Waals surface area contributed by atoms with Gasteiger partial charge in [0.15, 0.2) is 0 Å². The van der Waals surface area contributed by atoms with Gasteiger partial charge in [0.1, 0.15) is 5.82 Å². The quantitative estimate of drug-likeness (QED) is 0.730. The summed E-state index contributed by atoms with van der Waals surface area (Å²) in [6, 6.07) is 11.5. The molecule has 0 aliphatic rings. The van der Waals surface area contributed by atoms with Crippen LogP contribution in [-0.4, -0.2) is 0 Å². The van der Waals surface area contributed by atoms with Crippen molar-refractivity contribution in [3.05, 3.63) is 53.3 Å². The van der Waals surface area contributed by atoms with Crippen LogP contribution in [-0.2, 0) is 0 Å². The maximum absolute atomic E-state index is 13.5. The Kier molecular flexibility index (Phi) is 2.60. The van der Waals surface area contributed by atoms with E-state index in [4.69, 9.17) is 17.3 Å². The summed E-state index contributed by atoms with van der Waals surface area (Å²) in [5.74, 6) is -0.300. The number of nitrogen functional groups attached to an aromatic ring is 1. The summed E-state index contributed by atoms with van der Waals surface area (Å²) in [7, 11) is 0. The molecule has 1 nitrogen and oxygen atoms in total. The molecule has 0 aromatic heterocycles. The van der Waals surface area contributed by atoms with Crippen molar-refractivity contribution in [1.82, 2.24) is 0 Å². The molecule has 0 saturated carbocycles. The smallest absolute Gasteiger partial charge is 0.131 e. The van der Waals surface area contributed by atoms with E-state index in [0.29, 0.717) is 21.8 Å². The molecular formula is C12H9ClFN. The van der Waals surface area contributed by atoms with Crippen LogP contribution >= 0.6 is 11.6 Å². The van der Waals surface area contributed by atoms with E-state index in [-0.39, 0.29) is 5.82 Å². The van der Waals surface area contributed by atoms with Crippen molar-refractivity contribution in [3.63, 3.8) is 0 Å². The standard InChI is InChI=1S/C12H9ClFN/c13-8-5-6-12(15)10(7-8)9-3-1-2-4-11(9)14/h1-7H,15H2. The molecule has 0 radical (unpaired) electrons. The number of hydrogen-bond acceptors (Lipinski definition) is 1. The normalized spacial score (nSPS) is 10.3. The lowest BCUT2D eigenvalue weighted by molar-refractivity contribution is 0.631. The third kappa shape index (κ3) is 1.95. The van der Waals surface area contributed by atoms with E-state index in [9.17, 15) is 4.39 Å². The summed E-state index contributed by atoms with van der Waals surface area (Å²) in [5, 5.41) is 0.544. The molecule has 0 aliphatic heterocycles. The summed E-state index contributed by atoms with van der Waals surface area (Å²) in [6.07, 6.45) is 0. The van der Waals surface area contributed by atoms with Crippen molar-refractivity contribution in [2.75, 3.05) is 5.73 Å². The molecule has 76 valence electrons. The number of benzene rings is 2. The van der Waals surface area contributed by atoms with Gasteiger partial charge in [0, 0.05) is 21.8 Å². The summed E-state index contributed by atoms with van der Waals surface area (Å²) in [6.45, 7) is 0. The van der Waals surface area contributed by atoms with Crippen LogP contribution in [0.4, 0.5) is 10.1 Å². The highest BCUT2D eigenvalue weighted by Gasteiger charge is 2.07. The van der Waals surface area contributed by atoms with E-state index in [1.165, 1.54) is 6.07 Å². The third-order valence-electron chi connectivity index (χ3n) is 2.18. The maximum atomic E-state index is 13.5. The predicted molar refractivity (Wildman–Crippen MR) is 61.3 cm³/mol. The van der Waals surface area contributed by atoms with Crippen molar-refractivity contribution in [2.24, 2.45) is 0 Å². The van der Waals surface area contributed by atoms with Crippen molar-refractivity contribution >= 4 is 17.3 Å². The molecule has 0 amide bonds. The van der Waals surface area contributed by atoms with Crippen LogP contribution in [0.2, 0.25) is 5.02 Å². The highest BCUT2D eigenvalue weighted by atomic mass is 35.5. The fourth-order valence-electron chi connectivity index (χ4n) is 1.44. The SMILES string of the molecule is Nc1ccc(Cl)cc1-c1ccccc1F. The van der Waals surface area contributed by atoms with Gasteiger partial charge in [-0.1, -0.05) is 29.8 Å². The van der Waals surface area contributed by atoms with E-state index in [2.05, 4.69) is 0 Å². The lowest BCUT2D eigenvalue weighted by Crippen LogP contribution is -1.91. The molecular weight excluding hydrogens is 213 g/mol. The Morgan fingerprint density at radius 1 is 1.00 bits per heavy atom. The number of rotatable bonds is 1. The molecule has 15 heavy (non-hydrogen) atoms. The molecule has 2 aromatic rings. The Morgan fingerprint density at radius 2 is 1.73 bits per heavy atom. The van der Waals surface area contributed by atoms with Crippen LogP contribution in [0, 0.1) is 5.82 Å². The summed E-state index contributed by atoms with van der Waals surface area (Å²) < 4.78 is 13.5. The Balaban J connectivity index is 2.64. The molecule has 0 unspecified atom stereocenters. The molecule has 0 fully saturated rings. The second-order valence-corrected chi connectivity index (χ2v) is 3.65. The highest BCUT2D eigenvalue weighted by molar-refractivity contribution is 6.31. The molecule has 3 heteroatoms. The van der Waals surface area contributed by atoms with E-state index >= 15 is 0 Å². The van der Waals surface area contributed by atoms with Crippen LogP contribution in [0.5, 0.6) is 0 Å². The van der Waals surface area contributed by atoms with Gasteiger partial charge in [0.25, 0.3) is 0 Å². The Labute approximate surface area is 92.3 Å². The van der Waals surface area contributed by atoms with Gasteiger partial charge in [0.05, 0.1) is 0 Å². The van der Waals surface area contributed by atoms with Crippen LogP contribution in [0.15, 0.2) is 42.5 Å². The van der Waals surface area contributed by atoms with Crippen molar-refractivity contribution < 1.29 is 4.39 Å². The fraction of sp³-hybridized carbons (Fsp3) is 0. The Hall–Kier alpha value is -1.54. The van der Waals surface area contributed by atoms with E-state index in [1.54, 1.807) is 36.4 Å². The molecule has 0 aliphatic carbocycles. The zero-order chi connectivity index (χ0) is 10.8. The van der Waals surface area contributed by atoms with E-state index in [1.807, 2.05) is 0 Å². The van der Waals surface area contributed by atoms with Gasteiger partial charge in [-0.05, 0) is 24.3 Å². The predicted octanol–water partition coefficient (Wildman–Crippen LogP) is 3.73. The van der Waals surface area contributed by atoms with Gasteiger partial charge in [-0.2, -0.15) is 0 Å². The summed E-state index contributed by atoms with van der Waals surface area (Å²) >= 11 is 5.84. The van der Waals surface area contributed by atoms with Crippen molar-refractivity contribution in [2.45, 2.75) is 0 Å². The minimum atomic E-state index is -0.300. The van der Waals surface area contributed by atoms with Gasteiger partial charge in [0.2, 0.25) is 0 Å². The molecule has 0 atom stereocenters. The first-order valence-corrected chi connectivity index (χ1v) is 4.86. The molecule has 0 bridgehead atoms. The second-order valence-electron chi connectivity index (χ2n) is 3.21. The van der Waals surface area contributed by atoms with Crippen LogP contribution < -0.4 is 5.73 Å². The summed E-state index contributed by atoms with van der Waals surface area (Å²) in [5.41, 5.74) is 7.38. The second kappa shape index (κ2) is 3.91. The minimum Gasteiger partial charge on any atom is -0.398 e. The Morgan fingerprint density at radius 3 is 2.47 bits per heavy atom. The number of anilines is 1.